The van der Waals surface area contributed by atoms with Gasteiger partial charge in [0.05, 0.1) is 12.5 Å². The number of aliphatic hydroxyl groups excluding tert-OH is 1. The van der Waals surface area contributed by atoms with Gasteiger partial charge in [0.25, 0.3) is 0 Å². The predicted molar refractivity (Wildman–Crippen MR) is 53.8 cm³/mol. The standard InChI is InChI=1S/C11H19NO2/c1-2-11(4-3-5-11)8-12-7-9(13)6-10(12)14/h9,13H,2-8H2,1H3. The van der Waals surface area contributed by atoms with E-state index in [0.29, 0.717) is 18.4 Å². The van der Waals surface area contributed by atoms with Crippen LogP contribution in [0, 0.1) is 5.41 Å². The fraction of sp³-hybridized carbons (Fsp3) is 0.909. The molecule has 3 heteroatoms. The lowest BCUT2D eigenvalue weighted by Crippen LogP contribution is -2.42. The number of nitrogens with zero attached hydrogens (tertiary/aromatic N) is 1. The van der Waals surface area contributed by atoms with Crippen molar-refractivity contribution in [2.75, 3.05) is 13.1 Å². The minimum Gasteiger partial charge on any atom is -0.391 e. The van der Waals surface area contributed by atoms with Gasteiger partial charge in [0.2, 0.25) is 5.91 Å². The number of carbonyl (C=O) groups is 1. The van der Waals surface area contributed by atoms with Gasteiger partial charge in [-0.2, -0.15) is 0 Å². The molecule has 1 atom stereocenters. The zero-order chi connectivity index (χ0) is 10.2. The first-order chi connectivity index (χ1) is 6.65. The van der Waals surface area contributed by atoms with E-state index >= 15 is 0 Å². The van der Waals surface area contributed by atoms with Crippen LogP contribution < -0.4 is 0 Å². The summed E-state index contributed by atoms with van der Waals surface area (Å²) in [6, 6.07) is 0. The molecule has 1 aliphatic heterocycles. The Kier molecular flexibility index (Phi) is 2.52. The largest absolute Gasteiger partial charge is 0.391 e. The molecule has 1 N–H and O–H groups in total. The van der Waals surface area contributed by atoms with Gasteiger partial charge in [-0.15, -0.1) is 0 Å². The van der Waals surface area contributed by atoms with E-state index in [9.17, 15) is 9.90 Å². The fourth-order valence-electron chi connectivity index (χ4n) is 2.61. The summed E-state index contributed by atoms with van der Waals surface area (Å²) in [5, 5.41) is 9.37. The highest BCUT2D eigenvalue weighted by Gasteiger charge is 2.40. The maximum atomic E-state index is 11.5. The highest BCUT2D eigenvalue weighted by Crippen LogP contribution is 2.44. The lowest BCUT2D eigenvalue weighted by Gasteiger charge is -2.43. The van der Waals surface area contributed by atoms with Crippen LogP contribution in [0.2, 0.25) is 0 Å². The van der Waals surface area contributed by atoms with Crippen molar-refractivity contribution >= 4 is 5.91 Å². The molecule has 1 unspecified atom stereocenters. The summed E-state index contributed by atoms with van der Waals surface area (Å²) in [5.74, 6) is 0.136. The van der Waals surface area contributed by atoms with Crippen LogP contribution in [0.3, 0.4) is 0 Å². The van der Waals surface area contributed by atoms with Crippen molar-refractivity contribution < 1.29 is 9.90 Å². The van der Waals surface area contributed by atoms with E-state index < -0.39 is 6.10 Å². The van der Waals surface area contributed by atoms with E-state index in [1.54, 1.807) is 0 Å². The van der Waals surface area contributed by atoms with Crippen molar-refractivity contribution in [2.45, 2.75) is 45.1 Å². The van der Waals surface area contributed by atoms with Crippen LogP contribution in [0.4, 0.5) is 0 Å². The maximum absolute atomic E-state index is 11.5. The zero-order valence-corrected chi connectivity index (χ0v) is 8.83. The Balaban J connectivity index is 1.93. The Morgan fingerprint density at radius 1 is 1.57 bits per heavy atom. The van der Waals surface area contributed by atoms with Crippen molar-refractivity contribution in [1.29, 1.82) is 0 Å². The Hall–Kier alpha value is -0.570. The molecule has 1 amide bonds. The summed E-state index contributed by atoms with van der Waals surface area (Å²) < 4.78 is 0. The molecule has 2 rings (SSSR count). The lowest BCUT2D eigenvalue weighted by molar-refractivity contribution is -0.130. The summed E-state index contributed by atoms with van der Waals surface area (Å²) in [4.78, 5) is 13.3. The third-order valence-electron chi connectivity index (χ3n) is 3.88. The van der Waals surface area contributed by atoms with E-state index in [1.165, 1.54) is 19.3 Å². The molecule has 2 aliphatic rings. The van der Waals surface area contributed by atoms with Crippen molar-refractivity contribution in [3.63, 3.8) is 0 Å². The summed E-state index contributed by atoms with van der Waals surface area (Å²) in [6.07, 6.45) is 4.88. The first-order valence-corrected chi connectivity index (χ1v) is 5.61. The smallest absolute Gasteiger partial charge is 0.225 e. The van der Waals surface area contributed by atoms with Gasteiger partial charge in [0, 0.05) is 13.1 Å². The van der Waals surface area contributed by atoms with Crippen molar-refractivity contribution in [3.8, 4) is 0 Å². The van der Waals surface area contributed by atoms with Crippen LogP contribution in [0.25, 0.3) is 0 Å². The molecule has 1 saturated carbocycles. The first-order valence-electron chi connectivity index (χ1n) is 5.61. The Morgan fingerprint density at radius 2 is 2.29 bits per heavy atom. The predicted octanol–water partition coefficient (Wildman–Crippen LogP) is 1.16. The molecule has 3 nitrogen and oxygen atoms in total. The van der Waals surface area contributed by atoms with Gasteiger partial charge < -0.3 is 10.0 Å². The van der Waals surface area contributed by atoms with E-state index in [1.807, 2.05) is 4.90 Å². The number of rotatable bonds is 3. The SMILES string of the molecule is CCC1(CN2CC(O)CC2=O)CCC1. The molecule has 0 bridgehead atoms. The molecular formula is C11H19NO2. The minimum absolute atomic E-state index is 0.136. The Morgan fingerprint density at radius 3 is 2.64 bits per heavy atom. The number of likely N-dealkylation sites (tertiary alicyclic amines) is 1. The minimum atomic E-state index is -0.420. The molecule has 2 fully saturated rings. The third-order valence-corrected chi connectivity index (χ3v) is 3.88. The number of β-amino-alcohol motifs (C(OH)–C–C–N with tert-alkyl or cyclic N) is 1. The molecule has 80 valence electrons. The summed E-state index contributed by atoms with van der Waals surface area (Å²) >= 11 is 0. The van der Waals surface area contributed by atoms with Crippen LogP contribution in [-0.2, 0) is 4.79 Å². The van der Waals surface area contributed by atoms with Crippen molar-refractivity contribution in [2.24, 2.45) is 5.41 Å². The summed E-state index contributed by atoms with van der Waals surface area (Å²) in [7, 11) is 0. The monoisotopic (exact) mass is 197 g/mol. The zero-order valence-electron chi connectivity index (χ0n) is 8.83. The molecule has 1 saturated heterocycles. The highest BCUT2D eigenvalue weighted by atomic mass is 16.3. The second-order valence-corrected chi connectivity index (χ2v) is 4.84. The Labute approximate surface area is 85.1 Å². The molecule has 0 aromatic rings. The first kappa shape index (κ1) is 9.97. The van der Waals surface area contributed by atoms with Gasteiger partial charge in [-0.3, -0.25) is 4.79 Å². The van der Waals surface area contributed by atoms with Crippen LogP contribution >= 0.6 is 0 Å². The van der Waals surface area contributed by atoms with Crippen LogP contribution in [-0.4, -0.2) is 35.1 Å². The molecule has 0 aromatic carbocycles. The molecule has 0 aromatic heterocycles. The second kappa shape index (κ2) is 3.54. The van der Waals surface area contributed by atoms with E-state index in [0.717, 1.165) is 13.0 Å². The van der Waals surface area contributed by atoms with Crippen LogP contribution in [0.1, 0.15) is 39.0 Å². The lowest BCUT2D eigenvalue weighted by atomic mass is 9.67. The van der Waals surface area contributed by atoms with Crippen LogP contribution in [0.15, 0.2) is 0 Å². The van der Waals surface area contributed by atoms with E-state index in [-0.39, 0.29) is 5.91 Å². The fourth-order valence-corrected chi connectivity index (χ4v) is 2.61. The van der Waals surface area contributed by atoms with Gasteiger partial charge in [0.15, 0.2) is 0 Å². The molecule has 1 aliphatic carbocycles. The van der Waals surface area contributed by atoms with Gasteiger partial charge >= 0.3 is 0 Å². The van der Waals surface area contributed by atoms with Gasteiger partial charge in [-0.05, 0) is 24.7 Å². The summed E-state index contributed by atoms with van der Waals surface area (Å²) in [6.45, 7) is 3.64. The number of hydrogen-bond donors (Lipinski definition) is 1. The average Bonchev–Trinajstić information content (AvgIpc) is 2.38. The van der Waals surface area contributed by atoms with Gasteiger partial charge in [0.1, 0.15) is 0 Å². The van der Waals surface area contributed by atoms with Crippen molar-refractivity contribution in [3.05, 3.63) is 0 Å². The van der Waals surface area contributed by atoms with E-state index in [4.69, 9.17) is 0 Å². The third kappa shape index (κ3) is 1.65. The molecule has 1 heterocycles. The maximum Gasteiger partial charge on any atom is 0.225 e. The number of carbonyl (C=O) groups excluding carboxylic acids is 1. The van der Waals surface area contributed by atoms with Gasteiger partial charge in [-0.25, -0.2) is 0 Å². The van der Waals surface area contributed by atoms with Gasteiger partial charge in [-0.1, -0.05) is 13.3 Å². The molecule has 0 spiro atoms. The number of hydrogen-bond acceptors (Lipinski definition) is 2. The van der Waals surface area contributed by atoms with Crippen LogP contribution in [0.5, 0.6) is 0 Å². The second-order valence-electron chi connectivity index (χ2n) is 4.84. The molecule has 0 radical (unpaired) electrons. The number of aliphatic hydroxyl groups is 1. The highest BCUT2D eigenvalue weighted by molar-refractivity contribution is 5.79. The topological polar surface area (TPSA) is 40.5 Å². The van der Waals surface area contributed by atoms with Crippen molar-refractivity contribution in [1.82, 2.24) is 4.90 Å². The molecule has 14 heavy (non-hydrogen) atoms. The quantitative estimate of drug-likeness (QED) is 0.737. The van der Waals surface area contributed by atoms with E-state index in [2.05, 4.69) is 6.92 Å². The average molecular weight is 197 g/mol. The Bertz CT molecular complexity index is 230. The molecular weight excluding hydrogens is 178 g/mol. The summed E-state index contributed by atoms with van der Waals surface area (Å²) in [5.41, 5.74) is 0.389. The normalized spacial score (nSPS) is 30.6. The number of amides is 1.